The molecule has 3 heterocycles. The summed E-state index contributed by atoms with van der Waals surface area (Å²) in [4.78, 5) is 41.3. The fourth-order valence-corrected chi connectivity index (χ4v) is 7.45. The maximum atomic E-state index is 14.3. The Kier molecular flexibility index (Phi) is 5.05. The third kappa shape index (κ3) is 3.10. The van der Waals surface area contributed by atoms with Crippen LogP contribution in [0.4, 0.5) is 11.4 Å². The highest BCUT2D eigenvalue weighted by Gasteiger charge is 2.69. The van der Waals surface area contributed by atoms with Gasteiger partial charge in [-0.1, -0.05) is 60.2 Å². The van der Waals surface area contributed by atoms with E-state index in [1.807, 2.05) is 55.5 Å². The number of hydrogen-bond acceptors (Lipinski definition) is 6. The monoisotopic (exact) mass is 485 g/mol. The van der Waals surface area contributed by atoms with E-state index in [2.05, 4.69) is 10.2 Å². The second-order valence-corrected chi connectivity index (χ2v) is 10.4. The minimum Gasteiger partial charge on any atom is -0.324 e. The average molecular weight is 486 g/mol. The van der Waals surface area contributed by atoms with E-state index in [1.165, 1.54) is 12.1 Å². The Morgan fingerprint density at radius 3 is 2.51 bits per heavy atom. The third-order valence-corrected chi connectivity index (χ3v) is 8.67. The van der Waals surface area contributed by atoms with Crippen LogP contribution < -0.4 is 5.32 Å². The van der Waals surface area contributed by atoms with E-state index in [-0.39, 0.29) is 29.3 Å². The number of nitro groups is 1. The number of non-ortho nitro benzene ring substituents is 1. The van der Waals surface area contributed by atoms with Crippen molar-refractivity contribution in [1.29, 1.82) is 0 Å². The van der Waals surface area contributed by atoms with E-state index in [1.54, 1.807) is 23.9 Å². The fraction of sp³-hybridized carbons (Fsp3) is 0.259. The third-order valence-electron chi connectivity index (χ3n) is 7.64. The van der Waals surface area contributed by atoms with Gasteiger partial charge in [-0.15, -0.1) is 11.8 Å². The maximum Gasteiger partial charge on any atom is 0.269 e. The Balaban J connectivity index is 1.58. The lowest BCUT2D eigenvalue weighted by molar-refractivity contribution is -0.384. The van der Waals surface area contributed by atoms with Crippen LogP contribution >= 0.6 is 11.8 Å². The number of nitrogens with zero attached hydrogens (tertiary/aromatic N) is 2. The molecule has 8 heteroatoms. The van der Waals surface area contributed by atoms with Crippen molar-refractivity contribution >= 4 is 34.8 Å². The molecule has 0 saturated carbocycles. The Morgan fingerprint density at radius 1 is 1.09 bits per heavy atom. The number of anilines is 1. The van der Waals surface area contributed by atoms with E-state index in [9.17, 15) is 19.7 Å². The first-order valence-electron chi connectivity index (χ1n) is 11.5. The van der Waals surface area contributed by atoms with Gasteiger partial charge in [-0.2, -0.15) is 0 Å². The van der Waals surface area contributed by atoms with Gasteiger partial charge in [-0.05, 0) is 18.6 Å². The van der Waals surface area contributed by atoms with E-state index < -0.39 is 16.4 Å². The standard InChI is InChI=1S/C27H23N3O4S/c1-16-6-8-18(9-7-16)25(31)24-23(17-10-12-19(13-11-17)30(33)34)22-14-35-15-29(22)27(24)20-4-2-3-5-21(20)28-26(27)32/h2-13,22-24H,14-15H2,1H3,(H,28,32). The molecule has 0 aromatic heterocycles. The van der Waals surface area contributed by atoms with Gasteiger partial charge in [0.15, 0.2) is 5.78 Å². The highest BCUT2D eigenvalue weighted by Crippen LogP contribution is 2.61. The molecular formula is C27H23N3O4S. The van der Waals surface area contributed by atoms with Gasteiger partial charge in [-0.25, -0.2) is 0 Å². The SMILES string of the molecule is Cc1ccc(C(=O)C2C(c3ccc([N+](=O)[O-])cc3)C3CSCN3C23C(=O)Nc2ccccc23)cc1. The number of benzene rings is 3. The molecule has 3 aromatic rings. The number of nitro benzene ring substituents is 1. The minimum absolute atomic E-state index is 0.00415. The second kappa shape index (κ2) is 8.03. The molecule has 0 aliphatic carbocycles. The fourth-order valence-electron chi connectivity index (χ4n) is 6.12. The van der Waals surface area contributed by atoms with Gasteiger partial charge in [-0.3, -0.25) is 24.6 Å². The Bertz CT molecular complexity index is 1360. The number of ketones is 1. The molecule has 176 valence electrons. The maximum absolute atomic E-state index is 14.3. The predicted octanol–water partition coefficient (Wildman–Crippen LogP) is 4.72. The summed E-state index contributed by atoms with van der Waals surface area (Å²) in [7, 11) is 0. The van der Waals surface area contributed by atoms with Crippen molar-refractivity contribution in [2.24, 2.45) is 5.92 Å². The van der Waals surface area contributed by atoms with E-state index in [0.29, 0.717) is 11.4 Å². The Hall–Kier alpha value is -3.49. The minimum atomic E-state index is -1.14. The quantitative estimate of drug-likeness (QED) is 0.327. The Labute approximate surface area is 206 Å². The van der Waals surface area contributed by atoms with Gasteiger partial charge in [0.1, 0.15) is 5.54 Å². The number of nitrogens with one attached hydrogen (secondary N) is 1. The summed E-state index contributed by atoms with van der Waals surface area (Å²) in [6, 6.07) is 21.5. The van der Waals surface area contributed by atoms with Crippen molar-refractivity contribution < 1.29 is 14.5 Å². The smallest absolute Gasteiger partial charge is 0.269 e. The van der Waals surface area contributed by atoms with Crippen LogP contribution in [0.15, 0.2) is 72.8 Å². The highest BCUT2D eigenvalue weighted by atomic mass is 32.2. The van der Waals surface area contributed by atoms with Crippen molar-refractivity contribution in [3.05, 3.63) is 105 Å². The van der Waals surface area contributed by atoms with Gasteiger partial charge in [0.25, 0.3) is 5.69 Å². The van der Waals surface area contributed by atoms with Crippen molar-refractivity contribution in [3.63, 3.8) is 0 Å². The molecule has 4 atom stereocenters. The average Bonchev–Trinajstić information content (AvgIpc) is 3.52. The zero-order chi connectivity index (χ0) is 24.3. The number of thioether (sulfide) groups is 1. The number of carbonyl (C=O) groups excluding carboxylic acids is 2. The lowest BCUT2D eigenvalue weighted by Gasteiger charge is -2.36. The van der Waals surface area contributed by atoms with Crippen LogP contribution in [0.3, 0.4) is 0 Å². The molecule has 3 aliphatic rings. The molecule has 0 radical (unpaired) electrons. The number of carbonyl (C=O) groups is 2. The molecule has 1 N–H and O–H groups in total. The molecule has 4 unspecified atom stereocenters. The molecule has 2 saturated heterocycles. The molecule has 1 amide bonds. The molecule has 2 fully saturated rings. The Morgan fingerprint density at radius 2 is 1.80 bits per heavy atom. The van der Waals surface area contributed by atoms with Crippen LogP contribution in [0.2, 0.25) is 0 Å². The summed E-state index contributed by atoms with van der Waals surface area (Å²) < 4.78 is 0. The van der Waals surface area contributed by atoms with E-state index in [4.69, 9.17) is 0 Å². The predicted molar refractivity (Wildman–Crippen MR) is 135 cm³/mol. The number of aryl methyl sites for hydroxylation is 1. The number of Topliss-reactive ketones (excluding diaryl/α,β-unsaturated/α-hetero) is 1. The number of fused-ring (bicyclic) bond motifs is 4. The highest BCUT2D eigenvalue weighted by molar-refractivity contribution is 7.99. The van der Waals surface area contributed by atoms with Crippen LogP contribution in [0.25, 0.3) is 0 Å². The molecule has 0 bridgehead atoms. The number of hydrogen-bond donors (Lipinski definition) is 1. The van der Waals surface area contributed by atoms with E-state index in [0.717, 1.165) is 28.1 Å². The molecule has 3 aliphatic heterocycles. The first-order chi connectivity index (χ1) is 16.9. The summed E-state index contributed by atoms with van der Waals surface area (Å²) in [5.41, 5.74) is 2.89. The first kappa shape index (κ1) is 22.0. The normalized spacial score (nSPS) is 27.0. The lowest BCUT2D eigenvalue weighted by Crippen LogP contribution is -2.52. The van der Waals surface area contributed by atoms with Crippen molar-refractivity contribution in [3.8, 4) is 0 Å². The molecular weight excluding hydrogens is 462 g/mol. The van der Waals surface area contributed by atoms with Crippen LogP contribution in [0.1, 0.15) is 33.0 Å². The largest absolute Gasteiger partial charge is 0.324 e. The van der Waals surface area contributed by atoms with Gasteiger partial charge >= 0.3 is 0 Å². The first-order valence-corrected chi connectivity index (χ1v) is 12.7. The van der Waals surface area contributed by atoms with Crippen LogP contribution in [0, 0.1) is 23.0 Å². The number of rotatable bonds is 4. The topological polar surface area (TPSA) is 92.5 Å². The summed E-state index contributed by atoms with van der Waals surface area (Å²) in [6.45, 7) is 1.97. The van der Waals surface area contributed by atoms with Gasteiger partial charge in [0.2, 0.25) is 5.91 Å². The van der Waals surface area contributed by atoms with Crippen LogP contribution in [0.5, 0.6) is 0 Å². The molecule has 35 heavy (non-hydrogen) atoms. The van der Waals surface area contributed by atoms with Crippen molar-refractivity contribution in [2.75, 3.05) is 16.9 Å². The molecule has 7 nitrogen and oxygen atoms in total. The summed E-state index contributed by atoms with van der Waals surface area (Å²) in [6.07, 6.45) is 0. The lowest BCUT2D eigenvalue weighted by atomic mass is 9.69. The molecule has 6 rings (SSSR count). The molecule has 3 aromatic carbocycles. The van der Waals surface area contributed by atoms with Gasteiger partial charge in [0, 0.05) is 52.5 Å². The van der Waals surface area contributed by atoms with Gasteiger partial charge < -0.3 is 5.32 Å². The van der Waals surface area contributed by atoms with E-state index >= 15 is 0 Å². The summed E-state index contributed by atoms with van der Waals surface area (Å²) >= 11 is 1.75. The van der Waals surface area contributed by atoms with Crippen molar-refractivity contribution in [1.82, 2.24) is 4.90 Å². The zero-order valence-corrected chi connectivity index (χ0v) is 19.8. The van der Waals surface area contributed by atoms with Crippen molar-refractivity contribution in [2.45, 2.75) is 24.4 Å². The second-order valence-electron chi connectivity index (χ2n) is 9.39. The van der Waals surface area contributed by atoms with Gasteiger partial charge in [0.05, 0.1) is 10.8 Å². The van der Waals surface area contributed by atoms with Crippen LogP contribution in [-0.2, 0) is 10.3 Å². The number of para-hydroxylation sites is 1. The van der Waals surface area contributed by atoms with Crippen LogP contribution in [-0.4, -0.2) is 39.2 Å². The number of amides is 1. The molecule has 1 spiro atoms. The zero-order valence-electron chi connectivity index (χ0n) is 19.0. The summed E-state index contributed by atoms with van der Waals surface area (Å²) in [5.74, 6) is 0.169. The summed E-state index contributed by atoms with van der Waals surface area (Å²) in [5, 5.41) is 14.3.